The van der Waals surface area contributed by atoms with Gasteiger partial charge in [-0.2, -0.15) is 0 Å². The predicted molar refractivity (Wildman–Crippen MR) is 132 cm³/mol. The third-order valence-electron chi connectivity index (χ3n) is 8.08. The zero-order chi connectivity index (χ0) is 22.1. The van der Waals surface area contributed by atoms with E-state index in [9.17, 15) is 0 Å². The average molecular weight is 407 g/mol. The summed E-state index contributed by atoms with van der Waals surface area (Å²) in [6.07, 6.45) is 2.21. The molecule has 0 unspecified atom stereocenters. The molecular formula is C30H32N+. The van der Waals surface area contributed by atoms with E-state index >= 15 is 0 Å². The van der Waals surface area contributed by atoms with Crippen molar-refractivity contribution in [2.75, 3.05) is 0 Å². The second kappa shape index (κ2) is 6.53. The van der Waals surface area contributed by atoms with Crippen LogP contribution in [0, 0.1) is 13.8 Å². The Morgan fingerprint density at radius 2 is 1.42 bits per heavy atom. The summed E-state index contributed by atoms with van der Waals surface area (Å²) in [5.74, 6) is 0. The van der Waals surface area contributed by atoms with Crippen molar-refractivity contribution in [2.24, 2.45) is 7.05 Å². The Bertz CT molecular complexity index is 1350. The first-order valence-corrected chi connectivity index (χ1v) is 11.3. The van der Waals surface area contributed by atoms with Crippen LogP contribution < -0.4 is 4.57 Å². The molecule has 0 N–H and O–H groups in total. The van der Waals surface area contributed by atoms with Gasteiger partial charge in [0.25, 0.3) is 0 Å². The third-order valence-corrected chi connectivity index (χ3v) is 8.08. The van der Waals surface area contributed by atoms with Crippen LogP contribution in [0.4, 0.5) is 0 Å². The van der Waals surface area contributed by atoms with Crippen molar-refractivity contribution in [1.82, 2.24) is 0 Å². The van der Waals surface area contributed by atoms with E-state index in [-0.39, 0.29) is 10.8 Å². The molecule has 0 amide bonds. The topological polar surface area (TPSA) is 3.88 Å². The van der Waals surface area contributed by atoms with Crippen LogP contribution in [-0.4, -0.2) is 0 Å². The molecule has 0 saturated carbocycles. The second-order valence-electron chi connectivity index (χ2n) is 10.3. The van der Waals surface area contributed by atoms with Gasteiger partial charge in [0, 0.05) is 17.2 Å². The number of aromatic nitrogens is 1. The van der Waals surface area contributed by atoms with Gasteiger partial charge in [0.2, 0.25) is 5.69 Å². The monoisotopic (exact) mass is 406 g/mol. The molecule has 1 aliphatic rings. The summed E-state index contributed by atoms with van der Waals surface area (Å²) in [6, 6.07) is 22.7. The highest BCUT2D eigenvalue weighted by atomic mass is 14.9. The molecule has 1 heteroatoms. The maximum Gasteiger partial charge on any atom is 0.212 e. The summed E-state index contributed by atoms with van der Waals surface area (Å²) in [7, 11) is 2.15. The first-order valence-electron chi connectivity index (χ1n) is 11.3. The van der Waals surface area contributed by atoms with Crippen molar-refractivity contribution >= 4 is 10.8 Å². The Balaban J connectivity index is 1.90. The molecule has 1 heterocycles. The fourth-order valence-electron chi connectivity index (χ4n) is 5.76. The van der Waals surface area contributed by atoms with Gasteiger partial charge in [-0.25, -0.2) is 4.57 Å². The van der Waals surface area contributed by atoms with E-state index in [0.717, 1.165) is 0 Å². The standard InChI is InChI=1S/C30H32N/c1-19-12-17-26(31(7)18-19)22-14-15-24-27-23-11-9-8-10-21(23)13-16-25(27)29(3,4)30(5,6)28(24)20(22)2/h8-18H,1-7H3/q+1. The molecule has 0 radical (unpaired) electrons. The molecule has 0 aliphatic heterocycles. The van der Waals surface area contributed by atoms with E-state index in [2.05, 4.69) is 120 Å². The van der Waals surface area contributed by atoms with Crippen molar-refractivity contribution in [3.63, 3.8) is 0 Å². The van der Waals surface area contributed by atoms with E-state index in [1.54, 1.807) is 0 Å². The van der Waals surface area contributed by atoms with Gasteiger partial charge in [0.05, 0.1) is 0 Å². The first-order chi connectivity index (χ1) is 14.6. The van der Waals surface area contributed by atoms with Crippen molar-refractivity contribution in [1.29, 1.82) is 0 Å². The van der Waals surface area contributed by atoms with Gasteiger partial charge in [-0.3, -0.25) is 0 Å². The molecule has 156 valence electrons. The SMILES string of the molecule is Cc1ccc(-c2ccc3c(c2C)C(C)(C)C(C)(C)c2ccc4ccccc4c2-3)[n+](C)c1. The van der Waals surface area contributed by atoms with Crippen LogP contribution in [0.25, 0.3) is 33.2 Å². The number of aryl methyl sites for hydroxylation is 2. The van der Waals surface area contributed by atoms with Crippen molar-refractivity contribution in [3.05, 3.63) is 89.1 Å². The van der Waals surface area contributed by atoms with E-state index in [1.807, 2.05) is 0 Å². The summed E-state index contributed by atoms with van der Waals surface area (Å²) >= 11 is 0. The van der Waals surface area contributed by atoms with Gasteiger partial charge in [-0.15, -0.1) is 0 Å². The van der Waals surface area contributed by atoms with Crippen LogP contribution in [0.15, 0.2) is 66.9 Å². The van der Waals surface area contributed by atoms with Gasteiger partial charge in [-0.05, 0) is 75.4 Å². The quantitative estimate of drug-likeness (QED) is 0.295. The Hall–Kier alpha value is -2.93. The summed E-state index contributed by atoms with van der Waals surface area (Å²) in [4.78, 5) is 0. The van der Waals surface area contributed by atoms with Crippen molar-refractivity contribution < 1.29 is 4.57 Å². The number of benzene rings is 3. The van der Waals surface area contributed by atoms with Crippen LogP contribution in [-0.2, 0) is 17.9 Å². The van der Waals surface area contributed by atoms with E-state index in [4.69, 9.17) is 0 Å². The fourth-order valence-corrected chi connectivity index (χ4v) is 5.76. The third kappa shape index (κ3) is 2.65. The Kier molecular flexibility index (Phi) is 4.21. The maximum absolute atomic E-state index is 2.43. The highest BCUT2D eigenvalue weighted by Gasteiger charge is 2.47. The number of pyridine rings is 1. The van der Waals surface area contributed by atoms with Gasteiger partial charge < -0.3 is 0 Å². The molecule has 3 aromatic carbocycles. The van der Waals surface area contributed by atoms with Crippen LogP contribution in [0.2, 0.25) is 0 Å². The summed E-state index contributed by atoms with van der Waals surface area (Å²) in [5, 5.41) is 2.67. The molecule has 1 nitrogen and oxygen atoms in total. The minimum Gasteiger partial charge on any atom is -0.201 e. The Morgan fingerprint density at radius 1 is 0.710 bits per heavy atom. The fraction of sp³-hybridized carbons (Fsp3) is 0.300. The van der Waals surface area contributed by atoms with Gasteiger partial charge in [0.15, 0.2) is 6.20 Å². The van der Waals surface area contributed by atoms with Gasteiger partial charge >= 0.3 is 0 Å². The van der Waals surface area contributed by atoms with E-state index < -0.39 is 0 Å². The van der Waals surface area contributed by atoms with Crippen molar-refractivity contribution in [2.45, 2.75) is 52.4 Å². The molecule has 0 atom stereocenters. The summed E-state index contributed by atoms with van der Waals surface area (Å²) in [6.45, 7) is 14.2. The van der Waals surface area contributed by atoms with Crippen LogP contribution >= 0.6 is 0 Å². The molecule has 5 rings (SSSR count). The summed E-state index contributed by atoms with van der Waals surface area (Å²) in [5.41, 5.74) is 11.0. The molecule has 0 fully saturated rings. The predicted octanol–water partition coefficient (Wildman–Crippen LogP) is 7.18. The number of rotatable bonds is 1. The lowest BCUT2D eigenvalue weighted by molar-refractivity contribution is -0.660. The normalized spacial score (nSPS) is 16.1. The number of hydrogen-bond donors (Lipinski definition) is 0. The molecule has 1 aromatic heterocycles. The molecule has 0 saturated heterocycles. The zero-order valence-corrected chi connectivity index (χ0v) is 19.8. The lowest BCUT2D eigenvalue weighted by atomic mass is 9.54. The molecule has 0 bridgehead atoms. The molecule has 4 aromatic rings. The molecular weight excluding hydrogens is 374 g/mol. The van der Waals surface area contributed by atoms with Crippen LogP contribution in [0.3, 0.4) is 0 Å². The average Bonchev–Trinajstić information content (AvgIpc) is 2.72. The molecule has 0 spiro atoms. The van der Waals surface area contributed by atoms with Gasteiger partial charge in [0.1, 0.15) is 7.05 Å². The minimum atomic E-state index is 0.00114. The maximum atomic E-state index is 2.43. The Morgan fingerprint density at radius 3 is 2.16 bits per heavy atom. The van der Waals surface area contributed by atoms with Crippen molar-refractivity contribution in [3.8, 4) is 22.4 Å². The van der Waals surface area contributed by atoms with Crippen LogP contribution in [0.1, 0.15) is 49.9 Å². The zero-order valence-electron chi connectivity index (χ0n) is 19.8. The largest absolute Gasteiger partial charge is 0.212 e. The highest BCUT2D eigenvalue weighted by molar-refractivity contribution is 6.01. The number of hydrogen-bond acceptors (Lipinski definition) is 0. The number of nitrogens with zero attached hydrogens (tertiary/aromatic N) is 1. The summed E-state index contributed by atoms with van der Waals surface area (Å²) < 4.78 is 2.26. The lowest BCUT2D eigenvalue weighted by Gasteiger charge is -2.49. The lowest BCUT2D eigenvalue weighted by Crippen LogP contribution is -2.44. The van der Waals surface area contributed by atoms with Gasteiger partial charge in [-0.1, -0.05) is 70.2 Å². The smallest absolute Gasteiger partial charge is 0.201 e. The Labute approximate surface area is 186 Å². The molecule has 31 heavy (non-hydrogen) atoms. The van der Waals surface area contributed by atoms with E-state index in [1.165, 1.54) is 55.4 Å². The number of fused-ring (bicyclic) bond motifs is 5. The van der Waals surface area contributed by atoms with E-state index in [0.29, 0.717) is 0 Å². The molecule has 1 aliphatic carbocycles. The first kappa shape index (κ1) is 20.0. The second-order valence-corrected chi connectivity index (χ2v) is 10.3. The van der Waals surface area contributed by atoms with Crippen LogP contribution in [0.5, 0.6) is 0 Å². The minimum absolute atomic E-state index is 0.00114. The highest BCUT2D eigenvalue weighted by Crippen LogP contribution is 2.56.